The van der Waals surface area contributed by atoms with Crippen molar-refractivity contribution in [2.45, 2.75) is 38.4 Å². The summed E-state index contributed by atoms with van der Waals surface area (Å²) in [6, 6.07) is 8.56. The number of pyridine rings is 1. The van der Waals surface area contributed by atoms with Crippen molar-refractivity contribution in [3.05, 3.63) is 69.3 Å². The van der Waals surface area contributed by atoms with E-state index in [-0.39, 0.29) is 17.8 Å². The molecule has 1 aliphatic rings. The number of amides is 1. The summed E-state index contributed by atoms with van der Waals surface area (Å²) in [7, 11) is 1.80. The topological polar surface area (TPSA) is 55.3 Å². The molecule has 1 atom stereocenters. The zero-order valence-electron chi connectivity index (χ0n) is 16.9. The lowest BCUT2D eigenvalue weighted by atomic mass is 9.96. The number of carbonyl (C=O) groups is 1. The molecule has 2 heterocycles. The summed E-state index contributed by atoms with van der Waals surface area (Å²) in [6.07, 6.45) is -0.885. The number of ether oxygens (including phenoxy) is 1. The molecule has 1 aliphatic carbocycles. The summed E-state index contributed by atoms with van der Waals surface area (Å²) >= 11 is 1.64. The standard InChI is InChI=1S/C22H20F3N3O2S/c1-13-27-17-4-3-5-18(20(17)31-13)28(2)21(29)14-6-9-16(10-7-14)30-19-11-8-15(12-26-19)22(23,24)25/h6-12,18H,3-5H2,1-2H3/t18-/m0/s1. The van der Waals surface area contributed by atoms with Crippen LogP contribution in [0.25, 0.3) is 0 Å². The Morgan fingerprint density at radius 1 is 1.19 bits per heavy atom. The Morgan fingerprint density at radius 3 is 2.58 bits per heavy atom. The molecule has 9 heteroatoms. The van der Waals surface area contributed by atoms with Crippen molar-refractivity contribution >= 4 is 17.2 Å². The molecule has 2 aromatic heterocycles. The maximum Gasteiger partial charge on any atom is 0.417 e. The molecule has 3 aromatic rings. The number of hydrogen-bond donors (Lipinski definition) is 0. The number of rotatable bonds is 4. The Hall–Kier alpha value is -2.94. The lowest BCUT2D eigenvalue weighted by molar-refractivity contribution is -0.137. The van der Waals surface area contributed by atoms with E-state index in [9.17, 15) is 18.0 Å². The van der Waals surface area contributed by atoms with Gasteiger partial charge in [0.25, 0.3) is 5.91 Å². The summed E-state index contributed by atoms with van der Waals surface area (Å²) in [5.41, 5.74) is 0.751. The molecular formula is C22H20F3N3O2S. The van der Waals surface area contributed by atoms with Crippen molar-refractivity contribution in [3.8, 4) is 11.6 Å². The number of fused-ring (bicyclic) bond motifs is 1. The maximum atomic E-state index is 13.0. The number of benzene rings is 1. The van der Waals surface area contributed by atoms with E-state index in [0.717, 1.165) is 53.2 Å². The Balaban J connectivity index is 1.45. The van der Waals surface area contributed by atoms with Crippen molar-refractivity contribution in [3.63, 3.8) is 0 Å². The van der Waals surface area contributed by atoms with Gasteiger partial charge in [0.15, 0.2) is 0 Å². The van der Waals surface area contributed by atoms with Crippen LogP contribution in [0.15, 0.2) is 42.6 Å². The predicted octanol–water partition coefficient (Wildman–Crippen LogP) is 5.81. The highest BCUT2D eigenvalue weighted by atomic mass is 32.1. The highest BCUT2D eigenvalue weighted by molar-refractivity contribution is 7.11. The van der Waals surface area contributed by atoms with Gasteiger partial charge in [-0.3, -0.25) is 4.79 Å². The van der Waals surface area contributed by atoms with Gasteiger partial charge in [-0.15, -0.1) is 11.3 Å². The molecule has 0 aliphatic heterocycles. The van der Waals surface area contributed by atoms with Gasteiger partial charge in [-0.25, -0.2) is 9.97 Å². The Morgan fingerprint density at radius 2 is 1.94 bits per heavy atom. The van der Waals surface area contributed by atoms with Gasteiger partial charge in [-0.1, -0.05) is 0 Å². The zero-order valence-corrected chi connectivity index (χ0v) is 17.8. The summed E-state index contributed by atoms with van der Waals surface area (Å²) in [6.45, 7) is 1.98. The van der Waals surface area contributed by atoms with Crippen LogP contribution in [0, 0.1) is 6.92 Å². The van der Waals surface area contributed by atoms with Crippen molar-refractivity contribution < 1.29 is 22.7 Å². The first kappa shape index (κ1) is 21.3. The number of hydrogen-bond acceptors (Lipinski definition) is 5. The summed E-state index contributed by atoms with van der Waals surface area (Å²) in [5.74, 6) is 0.312. The van der Waals surface area contributed by atoms with Gasteiger partial charge in [-0.05, 0) is 56.5 Å². The first-order valence-electron chi connectivity index (χ1n) is 9.77. The molecule has 0 bridgehead atoms. The molecule has 0 saturated carbocycles. The van der Waals surface area contributed by atoms with Gasteiger partial charge in [0.05, 0.1) is 27.2 Å². The molecule has 0 saturated heterocycles. The van der Waals surface area contributed by atoms with Gasteiger partial charge in [0.1, 0.15) is 5.75 Å². The first-order valence-corrected chi connectivity index (χ1v) is 10.6. The minimum Gasteiger partial charge on any atom is -0.439 e. The first-order chi connectivity index (χ1) is 14.7. The highest BCUT2D eigenvalue weighted by Gasteiger charge is 2.31. The third-order valence-corrected chi connectivity index (χ3v) is 6.32. The van der Waals surface area contributed by atoms with Crippen LogP contribution in [0.1, 0.15) is 50.4 Å². The predicted molar refractivity (Wildman–Crippen MR) is 110 cm³/mol. The van der Waals surface area contributed by atoms with E-state index in [1.807, 2.05) is 6.92 Å². The van der Waals surface area contributed by atoms with E-state index >= 15 is 0 Å². The monoisotopic (exact) mass is 447 g/mol. The Labute approximate surface area is 181 Å². The highest BCUT2D eigenvalue weighted by Crippen LogP contribution is 2.38. The van der Waals surface area contributed by atoms with Crippen LogP contribution >= 0.6 is 11.3 Å². The largest absolute Gasteiger partial charge is 0.439 e. The molecule has 4 rings (SSSR count). The molecule has 0 spiro atoms. The maximum absolute atomic E-state index is 13.0. The molecule has 31 heavy (non-hydrogen) atoms. The van der Waals surface area contributed by atoms with Gasteiger partial charge in [0, 0.05) is 24.9 Å². The molecule has 5 nitrogen and oxygen atoms in total. The lowest BCUT2D eigenvalue weighted by Crippen LogP contribution is -2.32. The molecular weight excluding hydrogens is 427 g/mol. The second-order valence-electron chi connectivity index (χ2n) is 7.38. The normalized spacial score (nSPS) is 16.0. The van der Waals surface area contributed by atoms with E-state index < -0.39 is 11.7 Å². The molecule has 0 fully saturated rings. The molecule has 1 amide bonds. The van der Waals surface area contributed by atoms with Gasteiger partial charge in [0.2, 0.25) is 5.88 Å². The van der Waals surface area contributed by atoms with Crippen LogP contribution < -0.4 is 4.74 Å². The van der Waals surface area contributed by atoms with Crippen LogP contribution in [-0.4, -0.2) is 27.8 Å². The van der Waals surface area contributed by atoms with Crippen LogP contribution in [-0.2, 0) is 12.6 Å². The summed E-state index contributed by atoms with van der Waals surface area (Å²) < 4.78 is 43.4. The van der Waals surface area contributed by atoms with E-state index in [4.69, 9.17) is 4.74 Å². The number of carbonyl (C=O) groups excluding carboxylic acids is 1. The average Bonchev–Trinajstić information content (AvgIpc) is 3.13. The van der Waals surface area contributed by atoms with Crippen molar-refractivity contribution in [1.29, 1.82) is 0 Å². The SMILES string of the molecule is Cc1nc2c(s1)[C@@H](N(C)C(=O)c1ccc(Oc3ccc(C(F)(F)F)cn3)cc1)CCC2. The zero-order chi connectivity index (χ0) is 22.2. The van der Waals surface area contributed by atoms with Gasteiger partial charge < -0.3 is 9.64 Å². The van der Waals surface area contributed by atoms with Crippen molar-refractivity contribution in [2.75, 3.05) is 7.05 Å². The number of alkyl halides is 3. The number of nitrogens with zero attached hydrogens (tertiary/aromatic N) is 3. The minimum atomic E-state index is -4.45. The fourth-order valence-corrected chi connectivity index (χ4v) is 4.78. The number of aromatic nitrogens is 2. The lowest BCUT2D eigenvalue weighted by Gasteiger charge is -2.30. The minimum absolute atomic E-state index is 0.00900. The summed E-state index contributed by atoms with van der Waals surface area (Å²) in [4.78, 5) is 24.2. The molecule has 0 radical (unpaired) electrons. The number of thiazole rings is 1. The Bertz CT molecular complexity index is 1080. The molecule has 1 aromatic carbocycles. The van der Waals surface area contributed by atoms with E-state index in [1.54, 1.807) is 47.5 Å². The van der Waals surface area contributed by atoms with Crippen LogP contribution in [0.4, 0.5) is 13.2 Å². The smallest absolute Gasteiger partial charge is 0.417 e. The van der Waals surface area contributed by atoms with Crippen LogP contribution in [0.3, 0.4) is 0 Å². The number of aryl methyl sites for hydroxylation is 2. The average molecular weight is 447 g/mol. The third-order valence-electron chi connectivity index (χ3n) is 5.20. The van der Waals surface area contributed by atoms with E-state index in [1.165, 1.54) is 0 Å². The Kier molecular flexibility index (Phi) is 5.70. The van der Waals surface area contributed by atoms with Crippen LogP contribution in [0.5, 0.6) is 11.6 Å². The van der Waals surface area contributed by atoms with Crippen molar-refractivity contribution in [1.82, 2.24) is 14.9 Å². The van der Waals surface area contributed by atoms with Gasteiger partial charge >= 0.3 is 6.18 Å². The molecule has 162 valence electrons. The van der Waals surface area contributed by atoms with Crippen molar-refractivity contribution in [2.24, 2.45) is 0 Å². The fourth-order valence-electron chi connectivity index (χ4n) is 3.63. The molecule has 0 unspecified atom stereocenters. The fraction of sp³-hybridized carbons (Fsp3) is 0.318. The second-order valence-corrected chi connectivity index (χ2v) is 8.61. The van der Waals surface area contributed by atoms with Crippen LogP contribution in [0.2, 0.25) is 0 Å². The summed E-state index contributed by atoms with van der Waals surface area (Å²) in [5, 5.41) is 1.01. The quantitative estimate of drug-likeness (QED) is 0.507. The third kappa shape index (κ3) is 4.56. The van der Waals surface area contributed by atoms with E-state index in [2.05, 4.69) is 9.97 Å². The van der Waals surface area contributed by atoms with Gasteiger partial charge in [-0.2, -0.15) is 13.2 Å². The van der Waals surface area contributed by atoms with E-state index in [0.29, 0.717) is 11.3 Å². The second kappa shape index (κ2) is 8.30. The number of halogens is 3. The molecule has 0 N–H and O–H groups in total.